The first-order valence-electron chi connectivity index (χ1n) is 6.03. The molecule has 20 heavy (non-hydrogen) atoms. The second kappa shape index (κ2) is 5.34. The minimum Gasteiger partial charge on any atom is -0.295 e. The molecule has 3 aromatic rings. The lowest BCUT2D eigenvalue weighted by Gasteiger charge is -2.02. The number of hydrogen-bond donors (Lipinski definition) is 0. The first-order chi connectivity index (χ1) is 9.75. The second-order valence-corrected chi connectivity index (χ2v) is 5.15. The molecule has 0 aliphatic carbocycles. The van der Waals surface area contributed by atoms with Crippen LogP contribution >= 0.6 is 11.8 Å². The highest BCUT2D eigenvalue weighted by Crippen LogP contribution is 2.27. The molecule has 0 unspecified atom stereocenters. The van der Waals surface area contributed by atoms with Crippen LogP contribution in [0.3, 0.4) is 0 Å². The van der Waals surface area contributed by atoms with Gasteiger partial charge >= 0.3 is 0 Å². The van der Waals surface area contributed by atoms with Gasteiger partial charge in [-0.05, 0) is 12.1 Å². The van der Waals surface area contributed by atoms with Crippen molar-refractivity contribution in [3.8, 4) is 0 Å². The molecule has 0 atom stereocenters. The molecule has 0 saturated heterocycles. The minimum absolute atomic E-state index is 0.154. The van der Waals surface area contributed by atoms with Crippen LogP contribution in [0.2, 0.25) is 0 Å². The van der Waals surface area contributed by atoms with Gasteiger partial charge in [0.25, 0.3) is 5.69 Å². The molecule has 0 amide bonds. The summed E-state index contributed by atoms with van der Waals surface area (Å²) >= 11 is 1.49. The number of rotatable bonds is 4. The van der Waals surface area contributed by atoms with Gasteiger partial charge in [0.2, 0.25) is 0 Å². The monoisotopic (exact) mass is 285 g/mol. The van der Waals surface area contributed by atoms with Crippen LogP contribution in [0.15, 0.2) is 60.0 Å². The highest BCUT2D eigenvalue weighted by molar-refractivity contribution is 7.98. The molecule has 5 nitrogen and oxygen atoms in total. The Morgan fingerprint density at radius 1 is 1.20 bits per heavy atom. The zero-order chi connectivity index (χ0) is 13.9. The van der Waals surface area contributed by atoms with E-state index in [1.165, 1.54) is 17.8 Å². The van der Waals surface area contributed by atoms with Gasteiger partial charge in [-0.3, -0.25) is 14.5 Å². The molecular formula is C14H11N3O2S. The first-order valence-corrected chi connectivity index (χ1v) is 7.01. The average Bonchev–Trinajstić information content (AvgIpc) is 2.88. The molecule has 0 aliphatic rings. The van der Waals surface area contributed by atoms with Crippen LogP contribution in [0.4, 0.5) is 5.69 Å². The third-order valence-corrected chi connectivity index (χ3v) is 3.97. The van der Waals surface area contributed by atoms with E-state index in [9.17, 15) is 10.1 Å². The predicted octanol–water partition coefficient (Wildman–Crippen LogP) is 3.53. The normalized spacial score (nSPS) is 10.8. The molecule has 0 aliphatic heterocycles. The Kier molecular flexibility index (Phi) is 3.39. The van der Waals surface area contributed by atoms with Gasteiger partial charge in [-0.1, -0.05) is 36.0 Å². The minimum atomic E-state index is -0.348. The number of hydrogen-bond acceptors (Lipinski definition) is 4. The number of thioether (sulfide) groups is 1. The van der Waals surface area contributed by atoms with Crippen LogP contribution in [0.5, 0.6) is 0 Å². The van der Waals surface area contributed by atoms with Crippen LogP contribution in [0, 0.1) is 10.1 Å². The Balaban J connectivity index is 1.85. The quantitative estimate of drug-likeness (QED) is 0.418. The highest BCUT2D eigenvalue weighted by Gasteiger charge is 2.13. The number of nitro benzene ring substituents is 1. The lowest BCUT2D eigenvalue weighted by molar-refractivity contribution is -0.385. The van der Waals surface area contributed by atoms with E-state index in [4.69, 9.17) is 0 Å². The largest absolute Gasteiger partial charge is 0.295 e. The van der Waals surface area contributed by atoms with Crippen molar-refractivity contribution < 1.29 is 4.92 Å². The molecule has 0 fully saturated rings. The summed E-state index contributed by atoms with van der Waals surface area (Å²) in [5, 5.41) is 11.8. The molecular weight excluding hydrogens is 274 g/mol. The zero-order valence-corrected chi connectivity index (χ0v) is 11.3. The lowest BCUT2D eigenvalue weighted by Crippen LogP contribution is -1.94. The summed E-state index contributed by atoms with van der Waals surface area (Å²) in [4.78, 5) is 15.0. The van der Waals surface area contributed by atoms with Crippen molar-refractivity contribution in [3.05, 3.63) is 70.5 Å². The van der Waals surface area contributed by atoms with Crippen molar-refractivity contribution >= 4 is 23.0 Å². The van der Waals surface area contributed by atoms with Crippen LogP contribution in [0.1, 0.15) is 5.56 Å². The topological polar surface area (TPSA) is 60.4 Å². The zero-order valence-electron chi connectivity index (χ0n) is 10.5. The van der Waals surface area contributed by atoms with Gasteiger partial charge in [-0.15, -0.1) is 0 Å². The fourth-order valence-electron chi connectivity index (χ4n) is 1.98. The van der Waals surface area contributed by atoms with Gasteiger partial charge in [-0.2, -0.15) is 0 Å². The summed E-state index contributed by atoms with van der Waals surface area (Å²) in [5.74, 6) is 0.519. The molecule has 0 radical (unpaired) electrons. The summed E-state index contributed by atoms with van der Waals surface area (Å²) < 4.78 is 1.97. The molecule has 2 heterocycles. The summed E-state index contributed by atoms with van der Waals surface area (Å²) in [6.45, 7) is 0. The van der Waals surface area contributed by atoms with E-state index in [-0.39, 0.29) is 10.6 Å². The summed E-state index contributed by atoms with van der Waals surface area (Å²) in [7, 11) is 0. The SMILES string of the molecule is O=[N+]([O-])c1ccccc1CSc1ncc2ccccn12. The number of fused-ring (bicyclic) bond motifs is 1. The fourth-order valence-corrected chi connectivity index (χ4v) is 2.94. The fraction of sp³-hybridized carbons (Fsp3) is 0.0714. The standard InChI is InChI=1S/C14H11N3O2S/c18-17(19)13-7-2-1-5-11(13)10-20-14-15-9-12-6-3-4-8-16(12)14/h1-9H,10H2. The molecule has 3 rings (SSSR count). The Labute approximate surface area is 119 Å². The van der Waals surface area contributed by atoms with Crippen LogP contribution in [-0.2, 0) is 5.75 Å². The third kappa shape index (κ3) is 2.37. The number of benzene rings is 1. The van der Waals surface area contributed by atoms with Crippen LogP contribution in [-0.4, -0.2) is 14.3 Å². The number of pyridine rings is 1. The van der Waals surface area contributed by atoms with E-state index in [1.54, 1.807) is 18.3 Å². The third-order valence-electron chi connectivity index (χ3n) is 2.95. The van der Waals surface area contributed by atoms with Gasteiger partial charge in [0.15, 0.2) is 5.16 Å². The Morgan fingerprint density at radius 2 is 2.00 bits per heavy atom. The van der Waals surface area contributed by atoms with Crippen molar-refractivity contribution in [2.75, 3.05) is 0 Å². The van der Waals surface area contributed by atoms with Crippen molar-refractivity contribution in [2.45, 2.75) is 10.9 Å². The van der Waals surface area contributed by atoms with Gasteiger partial charge in [0.1, 0.15) is 0 Å². The maximum atomic E-state index is 11.0. The van der Waals surface area contributed by atoms with Crippen molar-refractivity contribution in [3.63, 3.8) is 0 Å². The molecule has 6 heteroatoms. The number of imidazole rings is 1. The van der Waals surface area contributed by atoms with Gasteiger partial charge in [-0.25, -0.2) is 4.98 Å². The van der Waals surface area contributed by atoms with Crippen LogP contribution in [0.25, 0.3) is 5.52 Å². The number of aromatic nitrogens is 2. The van der Waals surface area contributed by atoms with E-state index in [0.717, 1.165) is 10.7 Å². The number of nitro groups is 1. The smallest absolute Gasteiger partial charge is 0.273 e. The first kappa shape index (κ1) is 12.7. The van der Waals surface area contributed by atoms with Gasteiger partial charge < -0.3 is 0 Å². The van der Waals surface area contributed by atoms with Crippen LogP contribution < -0.4 is 0 Å². The summed E-state index contributed by atoms with van der Waals surface area (Å²) in [5.41, 5.74) is 1.87. The maximum Gasteiger partial charge on any atom is 0.273 e. The summed E-state index contributed by atoms with van der Waals surface area (Å²) in [6.07, 6.45) is 3.73. The second-order valence-electron chi connectivity index (χ2n) is 4.21. The Bertz CT molecular complexity index is 770. The van der Waals surface area contributed by atoms with Crippen molar-refractivity contribution in [1.29, 1.82) is 0 Å². The van der Waals surface area contributed by atoms with Gasteiger partial charge in [0.05, 0.1) is 16.6 Å². The van der Waals surface area contributed by atoms with Crippen molar-refractivity contribution in [2.24, 2.45) is 0 Å². The molecule has 0 saturated carbocycles. The van der Waals surface area contributed by atoms with E-state index in [0.29, 0.717) is 11.3 Å². The van der Waals surface area contributed by atoms with E-state index in [1.807, 2.05) is 34.9 Å². The molecule has 0 N–H and O–H groups in total. The molecule has 1 aromatic carbocycles. The molecule has 0 spiro atoms. The number of para-hydroxylation sites is 1. The molecule has 2 aromatic heterocycles. The van der Waals surface area contributed by atoms with Crippen molar-refractivity contribution in [1.82, 2.24) is 9.38 Å². The Morgan fingerprint density at radius 3 is 2.85 bits per heavy atom. The summed E-state index contributed by atoms with van der Waals surface area (Å²) in [6, 6.07) is 12.7. The predicted molar refractivity (Wildman–Crippen MR) is 77.8 cm³/mol. The lowest BCUT2D eigenvalue weighted by atomic mass is 10.2. The van der Waals surface area contributed by atoms with Gasteiger partial charge in [0, 0.05) is 23.6 Å². The van der Waals surface area contributed by atoms with E-state index < -0.39 is 0 Å². The van der Waals surface area contributed by atoms with E-state index >= 15 is 0 Å². The average molecular weight is 285 g/mol. The maximum absolute atomic E-state index is 11.0. The highest BCUT2D eigenvalue weighted by atomic mass is 32.2. The Hall–Kier alpha value is -2.34. The molecule has 100 valence electrons. The molecule has 0 bridgehead atoms. The van der Waals surface area contributed by atoms with E-state index in [2.05, 4.69) is 4.98 Å². The number of nitrogens with zero attached hydrogens (tertiary/aromatic N) is 3.